The second-order valence-corrected chi connectivity index (χ2v) is 9.46. The van der Waals surface area contributed by atoms with Gasteiger partial charge in [-0.05, 0) is 76.0 Å². The molecule has 2 aliphatic heterocycles. The molecular formula is C28H33N5O. The van der Waals surface area contributed by atoms with Gasteiger partial charge in [-0.1, -0.05) is 36.2 Å². The highest BCUT2D eigenvalue weighted by atomic mass is 16.2. The van der Waals surface area contributed by atoms with E-state index >= 15 is 0 Å². The molecule has 1 amide bonds. The summed E-state index contributed by atoms with van der Waals surface area (Å²) >= 11 is 0. The van der Waals surface area contributed by atoms with Crippen molar-refractivity contribution in [3.05, 3.63) is 71.9 Å². The van der Waals surface area contributed by atoms with Crippen LogP contribution >= 0.6 is 0 Å². The molecule has 3 heterocycles. The maximum atomic E-state index is 13.2. The first kappa shape index (κ1) is 22.5. The second kappa shape index (κ2) is 10.3. The molecule has 5 rings (SSSR count). The number of aromatic nitrogens is 2. The Morgan fingerprint density at radius 1 is 0.941 bits per heavy atom. The lowest BCUT2D eigenvalue weighted by atomic mass is 9.99. The predicted molar refractivity (Wildman–Crippen MR) is 136 cm³/mol. The van der Waals surface area contributed by atoms with Crippen molar-refractivity contribution in [3.8, 4) is 11.4 Å². The summed E-state index contributed by atoms with van der Waals surface area (Å²) in [6, 6.07) is 18.4. The molecule has 0 saturated carbocycles. The average molecular weight is 456 g/mol. The monoisotopic (exact) mass is 455 g/mol. The third-order valence-electron chi connectivity index (χ3n) is 6.97. The summed E-state index contributed by atoms with van der Waals surface area (Å²) in [5.41, 5.74) is 3.73. The van der Waals surface area contributed by atoms with Crippen molar-refractivity contribution in [2.45, 2.75) is 45.1 Å². The zero-order chi connectivity index (χ0) is 23.3. The number of carbonyl (C=O) groups is 1. The van der Waals surface area contributed by atoms with E-state index in [1.807, 2.05) is 47.4 Å². The van der Waals surface area contributed by atoms with Gasteiger partial charge in [0.2, 0.25) is 0 Å². The number of hydrogen-bond acceptors (Lipinski definition) is 5. The third-order valence-corrected chi connectivity index (χ3v) is 6.97. The number of carbonyl (C=O) groups excluding carboxylic acids is 1. The van der Waals surface area contributed by atoms with Gasteiger partial charge in [0.05, 0.1) is 0 Å². The van der Waals surface area contributed by atoms with E-state index in [9.17, 15) is 4.79 Å². The van der Waals surface area contributed by atoms with E-state index < -0.39 is 0 Å². The second-order valence-electron chi connectivity index (χ2n) is 9.46. The van der Waals surface area contributed by atoms with Crippen molar-refractivity contribution in [1.29, 1.82) is 0 Å². The lowest BCUT2D eigenvalue weighted by Gasteiger charge is -2.40. The molecule has 176 valence electrons. The Balaban J connectivity index is 1.23. The number of aryl methyl sites for hydroxylation is 1. The van der Waals surface area contributed by atoms with E-state index in [-0.39, 0.29) is 5.91 Å². The van der Waals surface area contributed by atoms with Crippen molar-refractivity contribution in [1.82, 2.24) is 19.8 Å². The Morgan fingerprint density at radius 3 is 2.53 bits per heavy atom. The largest absolute Gasteiger partial charge is 0.340 e. The number of nitrogens with one attached hydrogen (secondary N) is 1. The number of anilines is 2. The highest BCUT2D eigenvalue weighted by Gasteiger charge is 2.28. The van der Waals surface area contributed by atoms with Gasteiger partial charge in [-0.15, -0.1) is 0 Å². The summed E-state index contributed by atoms with van der Waals surface area (Å²) in [5.74, 6) is 1.50. The van der Waals surface area contributed by atoms with Gasteiger partial charge in [0.1, 0.15) is 5.82 Å². The number of benzene rings is 2. The van der Waals surface area contributed by atoms with Crippen molar-refractivity contribution in [2.75, 3.05) is 31.5 Å². The number of likely N-dealkylation sites (tertiary alicyclic amines) is 2. The first-order chi connectivity index (χ1) is 16.7. The highest BCUT2D eigenvalue weighted by molar-refractivity contribution is 5.95. The van der Waals surface area contributed by atoms with Crippen LogP contribution in [0.4, 0.5) is 11.5 Å². The molecular weight excluding hydrogens is 422 g/mol. The lowest BCUT2D eigenvalue weighted by Crippen LogP contribution is -2.48. The molecule has 1 aromatic heterocycles. The Kier molecular flexibility index (Phi) is 6.86. The van der Waals surface area contributed by atoms with Crippen LogP contribution < -0.4 is 5.32 Å². The minimum absolute atomic E-state index is 0.115. The van der Waals surface area contributed by atoms with Gasteiger partial charge in [0, 0.05) is 42.1 Å². The van der Waals surface area contributed by atoms with Crippen LogP contribution in [0.1, 0.15) is 48.0 Å². The Labute approximate surface area is 202 Å². The SMILES string of the molecule is Cc1cccc(-c2nccc(Nc3cccc(C(=O)N4CCC(N5CCCCC5)CC4)c3)n2)c1. The summed E-state index contributed by atoms with van der Waals surface area (Å²) in [6.45, 7) is 6.18. The van der Waals surface area contributed by atoms with Gasteiger partial charge >= 0.3 is 0 Å². The summed E-state index contributed by atoms with van der Waals surface area (Å²) in [6.07, 6.45) is 7.91. The van der Waals surface area contributed by atoms with Crippen LogP contribution in [-0.4, -0.2) is 57.9 Å². The van der Waals surface area contributed by atoms with Gasteiger partial charge in [-0.3, -0.25) is 4.79 Å². The molecule has 1 N–H and O–H groups in total. The first-order valence-corrected chi connectivity index (χ1v) is 12.5. The molecule has 0 aliphatic carbocycles. The van der Waals surface area contributed by atoms with Crippen LogP contribution in [0, 0.1) is 6.92 Å². The molecule has 0 atom stereocenters. The molecule has 2 aromatic carbocycles. The molecule has 34 heavy (non-hydrogen) atoms. The van der Waals surface area contributed by atoms with E-state index in [4.69, 9.17) is 0 Å². The quantitative estimate of drug-likeness (QED) is 0.567. The number of rotatable bonds is 5. The van der Waals surface area contributed by atoms with Crippen LogP contribution in [0.2, 0.25) is 0 Å². The number of hydrogen-bond donors (Lipinski definition) is 1. The zero-order valence-corrected chi connectivity index (χ0v) is 19.9. The predicted octanol–water partition coefficient (Wildman–Crippen LogP) is 5.29. The first-order valence-electron chi connectivity index (χ1n) is 12.5. The molecule has 3 aromatic rings. The van der Waals surface area contributed by atoms with Gasteiger partial charge < -0.3 is 15.1 Å². The number of amides is 1. The molecule has 6 nitrogen and oxygen atoms in total. The summed E-state index contributed by atoms with van der Waals surface area (Å²) in [7, 11) is 0. The maximum Gasteiger partial charge on any atom is 0.253 e. The summed E-state index contributed by atoms with van der Waals surface area (Å²) in [4.78, 5) is 27.0. The molecule has 2 fully saturated rings. The normalized spacial score (nSPS) is 17.5. The minimum Gasteiger partial charge on any atom is -0.340 e. The molecule has 0 bridgehead atoms. The lowest BCUT2D eigenvalue weighted by molar-refractivity contribution is 0.0590. The Morgan fingerprint density at radius 2 is 1.74 bits per heavy atom. The average Bonchev–Trinajstić information content (AvgIpc) is 2.89. The third kappa shape index (κ3) is 5.28. The summed E-state index contributed by atoms with van der Waals surface area (Å²) in [5, 5.41) is 3.35. The van der Waals surface area contributed by atoms with Crippen molar-refractivity contribution >= 4 is 17.4 Å². The van der Waals surface area contributed by atoms with E-state index in [0.717, 1.165) is 42.7 Å². The van der Waals surface area contributed by atoms with Gasteiger partial charge in [-0.25, -0.2) is 9.97 Å². The summed E-state index contributed by atoms with van der Waals surface area (Å²) < 4.78 is 0. The van der Waals surface area contributed by atoms with E-state index in [1.54, 1.807) is 6.20 Å². The van der Waals surface area contributed by atoms with Crippen LogP contribution in [0.15, 0.2) is 60.8 Å². The van der Waals surface area contributed by atoms with Crippen molar-refractivity contribution in [2.24, 2.45) is 0 Å². The number of piperidine rings is 2. The van der Waals surface area contributed by atoms with Crippen LogP contribution in [-0.2, 0) is 0 Å². The minimum atomic E-state index is 0.115. The standard InChI is InChI=1S/C28H33N5O/c1-21-7-5-8-22(19-21)27-29-14-11-26(31-27)30-24-10-6-9-23(20-24)28(34)33-17-12-25(13-18-33)32-15-3-2-4-16-32/h5-11,14,19-20,25H,2-4,12-13,15-18H2,1H3,(H,29,30,31). The van der Waals surface area contributed by atoms with E-state index in [2.05, 4.69) is 39.2 Å². The van der Waals surface area contributed by atoms with Crippen molar-refractivity contribution in [3.63, 3.8) is 0 Å². The smallest absolute Gasteiger partial charge is 0.253 e. The fraction of sp³-hybridized carbons (Fsp3) is 0.393. The topological polar surface area (TPSA) is 61.4 Å². The molecule has 6 heteroatoms. The Hall–Kier alpha value is -3.25. The van der Waals surface area contributed by atoms with Crippen LogP contribution in [0.25, 0.3) is 11.4 Å². The fourth-order valence-corrected chi connectivity index (χ4v) is 5.13. The van der Waals surface area contributed by atoms with Gasteiger partial charge in [0.15, 0.2) is 5.82 Å². The maximum absolute atomic E-state index is 13.2. The van der Waals surface area contributed by atoms with Gasteiger partial charge in [0.25, 0.3) is 5.91 Å². The molecule has 2 saturated heterocycles. The van der Waals surface area contributed by atoms with Gasteiger partial charge in [-0.2, -0.15) is 0 Å². The fourth-order valence-electron chi connectivity index (χ4n) is 5.13. The Bertz CT molecular complexity index is 1130. The number of nitrogens with zero attached hydrogens (tertiary/aromatic N) is 4. The van der Waals surface area contributed by atoms with Crippen LogP contribution in [0.5, 0.6) is 0 Å². The highest BCUT2D eigenvalue weighted by Crippen LogP contribution is 2.24. The molecule has 0 radical (unpaired) electrons. The van der Waals surface area contributed by atoms with Crippen molar-refractivity contribution < 1.29 is 4.79 Å². The molecule has 2 aliphatic rings. The van der Waals surface area contributed by atoms with Crippen LogP contribution in [0.3, 0.4) is 0 Å². The van der Waals surface area contributed by atoms with E-state index in [0.29, 0.717) is 17.7 Å². The molecule has 0 unspecified atom stereocenters. The molecule has 0 spiro atoms. The zero-order valence-electron chi connectivity index (χ0n) is 19.9. The van der Waals surface area contributed by atoms with E-state index in [1.165, 1.54) is 37.9 Å².